The lowest BCUT2D eigenvalue weighted by Crippen LogP contribution is -2.13. The van der Waals surface area contributed by atoms with Crippen LogP contribution in [0.1, 0.15) is 49.4 Å². The Morgan fingerprint density at radius 3 is 1.42 bits per heavy atom. The Bertz CT molecular complexity index is 2550. The number of aromatic hydroxyl groups is 1. The van der Waals surface area contributed by atoms with Crippen LogP contribution in [0.25, 0.3) is 33.4 Å². The average molecular weight is 821 g/mol. The number of hydrogen-bond acceptors (Lipinski definition) is 7. The zero-order valence-corrected chi connectivity index (χ0v) is 32.2. The highest BCUT2D eigenvalue weighted by atomic mass is 35.5. The number of phenolic OH excluding ortho intramolecular Hbond substituents is 1. The molecule has 3 N–H and O–H groups in total. The van der Waals surface area contributed by atoms with E-state index in [0.717, 1.165) is 5.56 Å². The van der Waals surface area contributed by atoms with Gasteiger partial charge in [-0.15, -0.1) is 0 Å². The van der Waals surface area contributed by atoms with E-state index in [4.69, 9.17) is 69.6 Å². The average Bonchev–Trinajstić information content (AvgIpc) is 3.64. The van der Waals surface area contributed by atoms with Crippen LogP contribution in [0.2, 0.25) is 30.1 Å². The Morgan fingerprint density at radius 1 is 0.615 bits per heavy atom. The fourth-order valence-electron chi connectivity index (χ4n) is 5.62. The molecule has 52 heavy (non-hydrogen) atoms. The third-order valence-electron chi connectivity index (χ3n) is 8.02. The summed E-state index contributed by atoms with van der Waals surface area (Å²) in [5.41, 5.74) is 3.29. The van der Waals surface area contributed by atoms with Gasteiger partial charge in [0.2, 0.25) is 0 Å². The molecule has 0 saturated heterocycles. The van der Waals surface area contributed by atoms with E-state index in [0.29, 0.717) is 112 Å². The van der Waals surface area contributed by atoms with Crippen LogP contribution in [0.5, 0.6) is 5.75 Å². The number of hydrogen-bond donors (Lipinski definition) is 3. The molecule has 0 bridgehead atoms. The van der Waals surface area contributed by atoms with Crippen molar-refractivity contribution in [1.82, 2.24) is 39.5 Å². The van der Waals surface area contributed by atoms with E-state index in [1.807, 2.05) is 20.8 Å². The van der Waals surface area contributed by atoms with Crippen molar-refractivity contribution < 1.29 is 5.11 Å². The lowest BCUT2D eigenvalue weighted by molar-refractivity contribution is 0.475. The summed E-state index contributed by atoms with van der Waals surface area (Å²) in [7, 11) is 0. The monoisotopic (exact) mass is 818 g/mol. The standard InChI is InChI=1S/C20H15Cl3N4O2.C15H13Cl3N4O/c1-2-15-17-19(27(26-15)18-13(22)8-11(21)9-14(18)23)24-16(25-20(17)29)7-10-3-5-12(28)6-4-10;1-3-10-12-14(19-11(4-2)20-15(12)23)22(21-10)13-8(17)5-7(16)6-9(13)18/h3-6,8-9,28H,2,7H2,1H3,(H,24,25,29);5-6H,3-4H2,1-2H3,(H,19,20,23). The largest absolute Gasteiger partial charge is 0.508 e. The number of benzene rings is 3. The fraction of sp³-hybridized carbons (Fsp3) is 0.200. The molecule has 0 aliphatic heterocycles. The van der Waals surface area contributed by atoms with Gasteiger partial charge in [0.25, 0.3) is 11.1 Å². The van der Waals surface area contributed by atoms with Crippen molar-refractivity contribution >= 4 is 91.7 Å². The minimum absolute atomic E-state index is 0.170. The topological polar surface area (TPSA) is 147 Å². The Balaban J connectivity index is 0.000000183. The number of phenols is 1. The summed E-state index contributed by atoms with van der Waals surface area (Å²) in [6, 6.07) is 13.0. The molecule has 0 unspecified atom stereocenters. The van der Waals surface area contributed by atoms with Crippen LogP contribution in [0, 0.1) is 0 Å². The highest BCUT2D eigenvalue weighted by molar-refractivity contribution is 6.41. The Labute approximate surface area is 326 Å². The van der Waals surface area contributed by atoms with E-state index in [9.17, 15) is 14.7 Å². The van der Waals surface area contributed by atoms with Crippen molar-refractivity contribution in [3.05, 3.63) is 128 Å². The minimum atomic E-state index is -0.284. The molecule has 0 atom stereocenters. The summed E-state index contributed by atoms with van der Waals surface area (Å²) < 4.78 is 3.01. The molecule has 0 amide bonds. The van der Waals surface area contributed by atoms with Crippen molar-refractivity contribution in [2.45, 2.75) is 46.5 Å². The molecule has 0 spiro atoms. The van der Waals surface area contributed by atoms with Gasteiger partial charge in [-0.2, -0.15) is 10.2 Å². The van der Waals surface area contributed by atoms with Crippen molar-refractivity contribution in [2.75, 3.05) is 0 Å². The smallest absolute Gasteiger partial charge is 0.262 e. The van der Waals surface area contributed by atoms with Crippen molar-refractivity contribution in [2.24, 2.45) is 0 Å². The third kappa shape index (κ3) is 7.39. The lowest BCUT2D eigenvalue weighted by atomic mass is 10.1. The summed E-state index contributed by atoms with van der Waals surface area (Å²) in [6.45, 7) is 5.74. The SMILES string of the molecule is CCc1nc2c(c(CC)nn2-c2c(Cl)cc(Cl)cc2Cl)c(=O)[nH]1.CCc1nn(-c2c(Cl)cc(Cl)cc2Cl)c2nc(Cc3ccc(O)cc3)[nH]c(=O)c12. The summed E-state index contributed by atoms with van der Waals surface area (Å²) in [5.74, 6) is 1.20. The molecule has 7 rings (SSSR count). The molecular formula is C35H28Cl6N8O3. The summed E-state index contributed by atoms with van der Waals surface area (Å²) >= 11 is 37.3. The van der Waals surface area contributed by atoms with Gasteiger partial charge in [0.1, 0.15) is 39.5 Å². The second kappa shape index (κ2) is 15.5. The van der Waals surface area contributed by atoms with Crippen molar-refractivity contribution in [3.8, 4) is 17.1 Å². The number of H-pyrrole nitrogens is 2. The first-order valence-corrected chi connectivity index (χ1v) is 18.2. The van der Waals surface area contributed by atoms with Crippen LogP contribution >= 0.6 is 69.6 Å². The fourth-order valence-corrected chi connectivity index (χ4v) is 7.57. The van der Waals surface area contributed by atoms with Crippen molar-refractivity contribution in [3.63, 3.8) is 0 Å². The molecule has 4 aromatic heterocycles. The molecule has 17 heteroatoms. The summed E-state index contributed by atoms with van der Waals surface area (Å²) in [6.07, 6.45) is 2.09. The predicted molar refractivity (Wildman–Crippen MR) is 208 cm³/mol. The number of rotatable bonds is 7. The molecule has 7 aromatic rings. The van der Waals surface area contributed by atoms with Gasteiger partial charge >= 0.3 is 0 Å². The molecule has 4 heterocycles. The number of aromatic amines is 2. The molecule has 0 aliphatic rings. The number of nitrogens with one attached hydrogen (secondary N) is 2. The van der Waals surface area contributed by atoms with Gasteiger partial charge in [-0.3, -0.25) is 9.59 Å². The predicted octanol–water partition coefficient (Wildman–Crippen LogP) is 9.12. The van der Waals surface area contributed by atoms with Crippen LogP contribution in [0.15, 0.2) is 58.1 Å². The van der Waals surface area contributed by atoms with Crippen LogP contribution < -0.4 is 11.1 Å². The van der Waals surface area contributed by atoms with Crippen LogP contribution in [0.3, 0.4) is 0 Å². The van der Waals surface area contributed by atoms with Gasteiger partial charge in [0, 0.05) is 22.9 Å². The second-order valence-corrected chi connectivity index (χ2v) is 14.0. The van der Waals surface area contributed by atoms with E-state index in [1.54, 1.807) is 48.5 Å². The van der Waals surface area contributed by atoms with Gasteiger partial charge in [-0.25, -0.2) is 19.3 Å². The van der Waals surface area contributed by atoms with Gasteiger partial charge < -0.3 is 15.1 Å². The first kappa shape index (κ1) is 37.7. The normalized spacial score (nSPS) is 11.3. The highest BCUT2D eigenvalue weighted by Gasteiger charge is 2.22. The number of halogens is 6. The Kier molecular flexibility index (Phi) is 11.2. The molecular weight excluding hydrogens is 793 g/mol. The van der Waals surface area contributed by atoms with E-state index >= 15 is 0 Å². The molecule has 0 aliphatic carbocycles. The maximum absolute atomic E-state index is 12.8. The quantitative estimate of drug-likeness (QED) is 0.145. The summed E-state index contributed by atoms with van der Waals surface area (Å²) in [5, 5.41) is 21.4. The maximum Gasteiger partial charge on any atom is 0.262 e. The van der Waals surface area contributed by atoms with Gasteiger partial charge in [0.05, 0.1) is 31.5 Å². The summed E-state index contributed by atoms with van der Waals surface area (Å²) in [4.78, 5) is 39.9. The maximum atomic E-state index is 12.8. The van der Waals surface area contributed by atoms with Gasteiger partial charge in [-0.05, 0) is 54.8 Å². The molecule has 3 aromatic carbocycles. The van der Waals surface area contributed by atoms with Crippen molar-refractivity contribution in [1.29, 1.82) is 0 Å². The van der Waals surface area contributed by atoms with E-state index in [-0.39, 0.29) is 16.9 Å². The second-order valence-electron chi connectivity index (χ2n) is 11.5. The minimum Gasteiger partial charge on any atom is -0.508 e. The number of fused-ring (bicyclic) bond motifs is 2. The molecule has 268 valence electrons. The highest BCUT2D eigenvalue weighted by Crippen LogP contribution is 2.35. The van der Waals surface area contributed by atoms with E-state index < -0.39 is 0 Å². The van der Waals surface area contributed by atoms with Gasteiger partial charge in [-0.1, -0.05) is 103 Å². The zero-order valence-electron chi connectivity index (χ0n) is 27.7. The van der Waals surface area contributed by atoms with Crippen LogP contribution in [-0.2, 0) is 25.7 Å². The number of nitrogens with zero attached hydrogens (tertiary/aromatic N) is 6. The van der Waals surface area contributed by atoms with E-state index in [1.165, 1.54) is 9.36 Å². The zero-order chi connectivity index (χ0) is 37.4. The molecule has 0 fully saturated rings. The lowest BCUT2D eigenvalue weighted by Gasteiger charge is -2.09. The Hall–Kier alpha value is -4.10. The number of aromatic nitrogens is 8. The van der Waals surface area contributed by atoms with Gasteiger partial charge in [0.15, 0.2) is 11.3 Å². The molecule has 0 radical (unpaired) electrons. The third-order valence-corrected chi connectivity index (χ3v) is 9.61. The van der Waals surface area contributed by atoms with E-state index in [2.05, 4.69) is 30.1 Å². The van der Waals surface area contributed by atoms with Crippen LogP contribution in [0.4, 0.5) is 0 Å². The number of aryl methyl sites for hydroxylation is 3. The first-order chi connectivity index (χ1) is 24.8. The molecule has 11 nitrogen and oxygen atoms in total. The Morgan fingerprint density at radius 2 is 1.02 bits per heavy atom. The first-order valence-electron chi connectivity index (χ1n) is 15.9. The van der Waals surface area contributed by atoms with Crippen LogP contribution in [-0.4, -0.2) is 44.6 Å². The molecule has 0 saturated carbocycles.